The molecule has 0 aliphatic heterocycles. The van der Waals surface area contributed by atoms with Gasteiger partial charge in [-0.05, 0) is 45.0 Å². The molecule has 0 saturated carbocycles. The van der Waals surface area contributed by atoms with Crippen LogP contribution in [0.25, 0.3) is 17.3 Å². The SMILES string of the molecule is COc1cccc(OC)c1-n1c(CS(=O)(=O)[C@H](C)[C@](C)(N)c2ncc(F)cn2)nnc1-c1ccc(C)o1. The molecule has 1 aromatic carbocycles. The van der Waals surface area contributed by atoms with Gasteiger partial charge >= 0.3 is 0 Å². The minimum Gasteiger partial charge on any atom is -0.494 e. The lowest BCUT2D eigenvalue weighted by molar-refractivity contribution is 0.390. The van der Waals surface area contributed by atoms with Crippen molar-refractivity contribution in [1.82, 2.24) is 24.7 Å². The van der Waals surface area contributed by atoms with Crippen LogP contribution < -0.4 is 15.2 Å². The van der Waals surface area contributed by atoms with Gasteiger partial charge in [-0.2, -0.15) is 0 Å². The Morgan fingerprint density at radius 3 is 2.27 bits per heavy atom. The second-order valence-electron chi connectivity index (χ2n) is 8.65. The number of hydrogen-bond acceptors (Lipinski definition) is 10. The highest BCUT2D eigenvalue weighted by molar-refractivity contribution is 7.91. The van der Waals surface area contributed by atoms with E-state index in [2.05, 4.69) is 20.2 Å². The molecule has 3 aromatic heterocycles. The summed E-state index contributed by atoms with van der Waals surface area (Å²) in [7, 11) is -1.02. The molecule has 2 atom stereocenters. The molecule has 0 amide bonds. The van der Waals surface area contributed by atoms with Crippen LogP contribution in [0.15, 0.2) is 47.1 Å². The van der Waals surface area contributed by atoms with Crippen LogP contribution in [-0.2, 0) is 21.1 Å². The highest BCUT2D eigenvalue weighted by Gasteiger charge is 2.41. The zero-order valence-corrected chi connectivity index (χ0v) is 21.8. The Balaban J connectivity index is 1.84. The van der Waals surface area contributed by atoms with Gasteiger partial charge in [-0.1, -0.05) is 6.07 Å². The monoisotopic (exact) mass is 530 g/mol. The molecule has 13 heteroatoms. The fourth-order valence-corrected chi connectivity index (χ4v) is 5.51. The zero-order chi connectivity index (χ0) is 27.0. The third-order valence-electron chi connectivity index (χ3n) is 6.13. The largest absolute Gasteiger partial charge is 0.494 e. The van der Waals surface area contributed by atoms with Crippen molar-refractivity contribution in [3.63, 3.8) is 0 Å². The maximum Gasteiger partial charge on any atom is 0.204 e. The van der Waals surface area contributed by atoms with Gasteiger partial charge in [0.25, 0.3) is 0 Å². The molecule has 0 spiro atoms. The summed E-state index contributed by atoms with van der Waals surface area (Å²) in [5, 5.41) is 7.27. The second kappa shape index (κ2) is 9.90. The molecule has 4 rings (SSSR count). The third-order valence-corrected chi connectivity index (χ3v) is 8.36. The average Bonchev–Trinajstić information content (AvgIpc) is 3.48. The molecule has 0 aliphatic rings. The number of hydrogen-bond donors (Lipinski definition) is 1. The number of halogens is 1. The van der Waals surface area contributed by atoms with Crippen molar-refractivity contribution in [2.75, 3.05) is 14.2 Å². The molecule has 0 aliphatic carbocycles. The highest BCUT2D eigenvalue weighted by atomic mass is 32.2. The van der Waals surface area contributed by atoms with Crippen molar-refractivity contribution in [2.24, 2.45) is 5.73 Å². The van der Waals surface area contributed by atoms with Gasteiger partial charge in [0.15, 0.2) is 27.2 Å². The summed E-state index contributed by atoms with van der Waals surface area (Å²) in [6.07, 6.45) is 1.88. The lowest BCUT2D eigenvalue weighted by Gasteiger charge is -2.29. The number of furan rings is 1. The Kier molecular flexibility index (Phi) is 7.02. The molecular formula is C24H27FN6O5S. The molecule has 196 valence electrons. The number of benzene rings is 1. The first-order valence-corrected chi connectivity index (χ1v) is 12.9. The minimum atomic E-state index is -4.00. The minimum absolute atomic E-state index is 0.00964. The Bertz CT molecular complexity index is 1490. The fourth-order valence-electron chi connectivity index (χ4n) is 3.86. The van der Waals surface area contributed by atoms with Crippen LogP contribution in [0.3, 0.4) is 0 Å². The molecule has 37 heavy (non-hydrogen) atoms. The molecule has 4 aromatic rings. The number of ether oxygens (including phenoxy) is 2. The van der Waals surface area contributed by atoms with Crippen LogP contribution >= 0.6 is 0 Å². The number of nitrogens with two attached hydrogens (primary N) is 1. The Hall–Kier alpha value is -3.84. The molecule has 0 saturated heterocycles. The van der Waals surface area contributed by atoms with E-state index in [-0.39, 0.29) is 17.5 Å². The lowest BCUT2D eigenvalue weighted by Crippen LogP contribution is -2.49. The van der Waals surface area contributed by atoms with E-state index in [1.165, 1.54) is 32.6 Å². The van der Waals surface area contributed by atoms with Crippen LogP contribution in [0.4, 0.5) is 4.39 Å². The summed E-state index contributed by atoms with van der Waals surface area (Å²) in [4.78, 5) is 7.79. The van der Waals surface area contributed by atoms with E-state index in [1.54, 1.807) is 37.3 Å². The molecule has 11 nitrogen and oxygen atoms in total. The number of aryl methyl sites for hydroxylation is 1. The molecule has 0 bridgehead atoms. The van der Waals surface area contributed by atoms with Crippen molar-refractivity contribution in [3.8, 4) is 28.8 Å². The molecule has 0 unspecified atom stereocenters. The molecular weight excluding hydrogens is 503 g/mol. The summed E-state index contributed by atoms with van der Waals surface area (Å²) in [5.74, 6) is 0.934. The first-order valence-electron chi connectivity index (χ1n) is 11.2. The maximum atomic E-state index is 13.7. The zero-order valence-electron chi connectivity index (χ0n) is 21.0. The number of rotatable bonds is 9. The smallest absolute Gasteiger partial charge is 0.204 e. The summed E-state index contributed by atoms with van der Waals surface area (Å²) in [5.41, 5.74) is 5.26. The van der Waals surface area contributed by atoms with Gasteiger partial charge in [-0.3, -0.25) is 4.57 Å². The van der Waals surface area contributed by atoms with Crippen LogP contribution in [-0.4, -0.2) is 52.6 Å². The van der Waals surface area contributed by atoms with Crippen molar-refractivity contribution < 1.29 is 26.7 Å². The summed E-state index contributed by atoms with van der Waals surface area (Å²) >= 11 is 0. The van der Waals surface area contributed by atoms with E-state index in [1.807, 2.05) is 0 Å². The van der Waals surface area contributed by atoms with Gasteiger partial charge in [0.05, 0.1) is 37.4 Å². The Morgan fingerprint density at radius 2 is 1.73 bits per heavy atom. The predicted molar refractivity (Wildman–Crippen MR) is 133 cm³/mol. The second-order valence-corrected chi connectivity index (χ2v) is 11.0. The highest BCUT2D eigenvalue weighted by Crippen LogP contribution is 2.37. The van der Waals surface area contributed by atoms with Crippen LogP contribution in [0.5, 0.6) is 11.5 Å². The maximum absolute atomic E-state index is 13.7. The van der Waals surface area contributed by atoms with Gasteiger partial charge in [-0.15, -0.1) is 10.2 Å². The van der Waals surface area contributed by atoms with Crippen LogP contribution in [0, 0.1) is 12.7 Å². The summed E-state index contributed by atoms with van der Waals surface area (Å²) < 4.78 is 59.1. The van der Waals surface area contributed by atoms with E-state index in [4.69, 9.17) is 19.6 Å². The van der Waals surface area contributed by atoms with Gasteiger partial charge < -0.3 is 19.6 Å². The normalized spacial score (nSPS) is 14.2. The molecule has 3 heterocycles. The van der Waals surface area contributed by atoms with E-state index < -0.39 is 32.2 Å². The molecule has 2 N–H and O–H groups in total. The first-order chi connectivity index (χ1) is 17.5. The molecule has 0 radical (unpaired) electrons. The Labute approximate surface area is 213 Å². The van der Waals surface area contributed by atoms with Crippen LogP contribution in [0.1, 0.15) is 31.3 Å². The van der Waals surface area contributed by atoms with E-state index in [0.29, 0.717) is 28.7 Å². The van der Waals surface area contributed by atoms with E-state index in [9.17, 15) is 12.8 Å². The standard InChI is InChI=1S/C24H27FN6O5S/c1-14-9-10-19(36-14)22-30-29-20(31(22)21-17(34-4)7-6-8-18(21)35-5)13-37(32,33)15(2)24(3,26)23-27-11-16(25)12-28-23/h6-12,15H,13,26H2,1-5H3/t15-,24+/m1/s1. The predicted octanol–water partition coefficient (Wildman–Crippen LogP) is 2.96. The number of para-hydroxylation sites is 1. The van der Waals surface area contributed by atoms with Gasteiger partial charge in [0, 0.05) is 0 Å². The van der Waals surface area contributed by atoms with Crippen molar-refractivity contribution in [1.29, 1.82) is 0 Å². The van der Waals surface area contributed by atoms with E-state index in [0.717, 1.165) is 12.4 Å². The first kappa shape index (κ1) is 26.2. The average molecular weight is 531 g/mol. The van der Waals surface area contributed by atoms with Crippen molar-refractivity contribution in [2.45, 2.75) is 37.3 Å². The molecule has 0 fully saturated rings. The number of methoxy groups -OCH3 is 2. The Morgan fingerprint density at radius 1 is 1.11 bits per heavy atom. The topological polar surface area (TPSA) is 148 Å². The lowest BCUT2D eigenvalue weighted by atomic mass is 9.99. The summed E-state index contributed by atoms with van der Waals surface area (Å²) in [6, 6.07) is 8.62. The number of sulfone groups is 1. The van der Waals surface area contributed by atoms with Crippen molar-refractivity contribution >= 4 is 9.84 Å². The van der Waals surface area contributed by atoms with Gasteiger partial charge in [0.1, 0.15) is 34.5 Å². The van der Waals surface area contributed by atoms with Gasteiger partial charge in [0.2, 0.25) is 5.82 Å². The number of aromatic nitrogens is 5. The quantitative estimate of drug-likeness (QED) is 0.342. The fraction of sp³-hybridized carbons (Fsp3) is 0.333. The third kappa shape index (κ3) is 4.91. The number of nitrogens with zero attached hydrogens (tertiary/aromatic N) is 5. The van der Waals surface area contributed by atoms with E-state index >= 15 is 0 Å². The van der Waals surface area contributed by atoms with Gasteiger partial charge in [-0.25, -0.2) is 22.8 Å². The summed E-state index contributed by atoms with van der Waals surface area (Å²) in [6.45, 7) is 4.71. The van der Waals surface area contributed by atoms with Crippen LogP contribution in [0.2, 0.25) is 0 Å². The van der Waals surface area contributed by atoms with Crippen molar-refractivity contribution in [3.05, 3.63) is 66.0 Å².